The predicted molar refractivity (Wildman–Crippen MR) is 94.1 cm³/mol. The highest BCUT2D eigenvalue weighted by molar-refractivity contribution is 7.92. The Morgan fingerprint density at radius 1 is 1.07 bits per heavy atom. The number of sulfonamides is 1. The Labute approximate surface area is 152 Å². The van der Waals surface area contributed by atoms with Crippen LogP contribution in [-0.4, -0.2) is 34.1 Å². The molecule has 0 aliphatic heterocycles. The van der Waals surface area contributed by atoms with Crippen molar-refractivity contribution in [3.63, 3.8) is 0 Å². The van der Waals surface area contributed by atoms with E-state index in [1.807, 2.05) is 0 Å². The van der Waals surface area contributed by atoms with Crippen molar-refractivity contribution in [1.82, 2.24) is 14.9 Å². The van der Waals surface area contributed by atoms with Crippen LogP contribution in [0, 0.1) is 10.1 Å². The van der Waals surface area contributed by atoms with E-state index in [1.165, 1.54) is 53.7 Å². The molecule has 138 valence electrons. The van der Waals surface area contributed by atoms with Crippen LogP contribution in [0.3, 0.4) is 0 Å². The SMILES string of the molecule is O=C(Nn1cnnc1)c1cccc(NS(=O)(=O)c2ccccc2[N+](=O)[O-])c1. The summed E-state index contributed by atoms with van der Waals surface area (Å²) in [6.45, 7) is 0. The van der Waals surface area contributed by atoms with Crippen LogP contribution in [0.15, 0.2) is 66.1 Å². The van der Waals surface area contributed by atoms with Crippen LogP contribution in [0.4, 0.5) is 11.4 Å². The molecule has 0 bridgehead atoms. The van der Waals surface area contributed by atoms with E-state index >= 15 is 0 Å². The van der Waals surface area contributed by atoms with Gasteiger partial charge in [0, 0.05) is 17.3 Å². The summed E-state index contributed by atoms with van der Waals surface area (Å²) in [5.74, 6) is -0.526. The molecule has 0 aliphatic rings. The number of anilines is 1. The third kappa shape index (κ3) is 4.07. The summed E-state index contributed by atoms with van der Waals surface area (Å²) >= 11 is 0. The van der Waals surface area contributed by atoms with E-state index in [1.54, 1.807) is 0 Å². The van der Waals surface area contributed by atoms with Crippen molar-refractivity contribution >= 4 is 27.3 Å². The first kappa shape index (κ1) is 18.0. The zero-order valence-electron chi connectivity index (χ0n) is 13.5. The second kappa shape index (κ2) is 7.21. The second-order valence-electron chi connectivity index (χ2n) is 5.22. The number of nitro groups is 1. The summed E-state index contributed by atoms with van der Waals surface area (Å²) in [6, 6.07) is 10.6. The lowest BCUT2D eigenvalue weighted by Crippen LogP contribution is -2.22. The minimum absolute atomic E-state index is 0.0737. The first-order valence-electron chi connectivity index (χ1n) is 7.39. The van der Waals surface area contributed by atoms with Gasteiger partial charge in [0.15, 0.2) is 4.90 Å². The van der Waals surface area contributed by atoms with Crippen molar-refractivity contribution in [2.75, 3.05) is 10.1 Å². The highest BCUT2D eigenvalue weighted by Crippen LogP contribution is 2.25. The molecule has 2 aromatic carbocycles. The summed E-state index contributed by atoms with van der Waals surface area (Å²) in [6.07, 6.45) is 2.55. The monoisotopic (exact) mass is 388 g/mol. The Balaban J connectivity index is 1.86. The van der Waals surface area contributed by atoms with Crippen molar-refractivity contribution in [2.45, 2.75) is 4.90 Å². The number of hydrogen-bond acceptors (Lipinski definition) is 7. The van der Waals surface area contributed by atoms with Gasteiger partial charge in [-0.25, -0.2) is 13.1 Å². The van der Waals surface area contributed by atoms with Crippen LogP contribution in [-0.2, 0) is 10.0 Å². The van der Waals surface area contributed by atoms with Gasteiger partial charge in [0.2, 0.25) is 0 Å². The normalized spacial score (nSPS) is 11.0. The fourth-order valence-corrected chi connectivity index (χ4v) is 3.43. The fourth-order valence-electron chi connectivity index (χ4n) is 2.21. The third-order valence-electron chi connectivity index (χ3n) is 3.38. The minimum Gasteiger partial charge on any atom is -0.279 e. The Morgan fingerprint density at radius 3 is 2.48 bits per heavy atom. The van der Waals surface area contributed by atoms with Crippen LogP contribution >= 0.6 is 0 Å². The number of hydrogen-bond donors (Lipinski definition) is 2. The Kier molecular flexibility index (Phi) is 4.81. The molecule has 0 unspecified atom stereocenters. The molecule has 0 atom stereocenters. The lowest BCUT2D eigenvalue weighted by atomic mass is 10.2. The second-order valence-corrected chi connectivity index (χ2v) is 6.87. The molecule has 0 fully saturated rings. The summed E-state index contributed by atoms with van der Waals surface area (Å²) in [4.78, 5) is 22.0. The number of para-hydroxylation sites is 1. The molecule has 2 N–H and O–H groups in total. The summed E-state index contributed by atoms with van der Waals surface area (Å²) in [7, 11) is -4.23. The molecule has 11 nitrogen and oxygen atoms in total. The number of nitro benzene ring substituents is 1. The van der Waals surface area contributed by atoms with Crippen LogP contribution in [0.25, 0.3) is 0 Å². The number of carbonyl (C=O) groups is 1. The van der Waals surface area contributed by atoms with Gasteiger partial charge < -0.3 is 0 Å². The Hall–Kier alpha value is -3.80. The van der Waals surface area contributed by atoms with Crippen molar-refractivity contribution in [3.05, 3.63) is 76.9 Å². The average Bonchev–Trinajstić information content (AvgIpc) is 3.14. The molecule has 1 heterocycles. The highest BCUT2D eigenvalue weighted by Gasteiger charge is 2.25. The lowest BCUT2D eigenvalue weighted by Gasteiger charge is -2.10. The first-order chi connectivity index (χ1) is 12.9. The van der Waals surface area contributed by atoms with Crippen LogP contribution in [0.5, 0.6) is 0 Å². The third-order valence-corrected chi connectivity index (χ3v) is 4.81. The zero-order valence-corrected chi connectivity index (χ0v) is 14.3. The number of benzene rings is 2. The van der Waals surface area contributed by atoms with Gasteiger partial charge in [0.05, 0.1) is 4.92 Å². The molecule has 0 spiro atoms. The number of carbonyl (C=O) groups excluding carboxylic acids is 1. The summed E-state index contributed by atoms with van der Waals surface area (Å²) in [5, 5.41) is 18.1. The first-order valence-corrected chi connectivity index (χ1v) is 8.87. The van der Waals surface area contributed by atoms with E-state index in [9.17, 15) is 23.3 Å². The minimum atomic E-state index is -4.23. The zero-order chi connectivity index (χ0) is 19.4. The average molecular weight is 388 g/mol. The molecular weight excluding hydrogens is 376 g/mol. The molecule has 0 radical (unpaired) electrons. The molecule has 27 heavy (non-hydrogen) atoms. The van der Waals surface area contributed by atoms with Gasteiger partial charge in [-0.15, -0.1) is 10.2 Å². The van der Waals surface area contributed by atoms with Crippen LogP contribution in [0.2, 0.25) is 0 Å². The largest absolute Gasteiger partial charge is 0.289 e. The van der Waals surface area contributed by atoms with Gasteiger partial charge in [-0.3, -0.25) is 25.1 Å². The maximum atomic E-state index is 12.5. The van der Waals surface area contributed by atoms with Crippen molar-refractivity contribution in [3.8, 4) is 0 Å². The van der Waals surface area contributed by atoms with E-state index < -0.39 is 31.4 Å². The number of nitrogens with one attached hydrogen (secondary N) is 2. The van der Waals surface area contributed by atoms with E-state index in [0.29, 0.717) is 0 Å². The van der Waals surface area contributed by atoms with Crippen molar-refractivity contribution in [2.24, 2.45) is 0 Å². The standard InChI is InChI=1S/C15H12N6O5S/c22-15(18-20-9-16-17-10-20)11-4-3-5-12(8-11)19-27(25,26)14-7-2-1-6-13(14)21(23)24/h1-10,19H,(H,18,22). The van der Waals surface area contributed by atoms with E-state index in [4.69, 9.17) is 0 Å². The molecule has 0 aliphatic carbocycles. The predicted octanol–water partition coefficient (Wildman–Crippen LogP) is 1.37. The topological polar surface area (TPSA) is 149 Å². The van der Waals surface area contributed by atoms with E-state index in [0.717, 1.165) is 12.1 Å². The molecule has 3 rings (SSSR count). The molecule has 3 aromatic rings. The number of amides is 1. The molecule has 12 heteroatoms. The number of nitrogens with zero attached hydrogens (tertiary/aromatic N) is 4. The van der Waals surface area contributed by atoms with Gasteiger partial charge in [0.1, 0.15) is 12.7 Å². The number of aromatic nitrogens is 3. The van der Waals surface area contributed by atoms with Crippen molar-refractivity contribution in [1.29, 1.82) is 0 Å². The highest BCUT2D eigenvalue weighted by atomic mass is 32.2. The molecule has 1 aromatic heterocycles. The van der Waals surface area contributed by atoms with Gasteiger partial charge >= 0.3 is 0 Å². The maximum absolute atomic E-state index is 12.5. The van der Waals surface area contributed by atoms with Crippen molar-refractivity contribution < 1.29 is 18.1 Å². The summed E-state index contributed by atoms with van der Waals surface area (Å²) < 4.78 is 28.5. The van der Waals surface area contributed by atoms with Gasteiger partial charge in [-0.05, 0) is 24.3 Å². The number of rotatable bonds is 6. The van der Waals surface area contributed by atoms with Crippen LogP contribution in [0.1, 0.15) is 10.4 Å². The van der Waals surface area contributed by atoms with Gasteiger partial charge in [-0.2, -0.15) is 0 Å². The lowest BCUT2D eigenvalue weighted by molar-refractivity contribution is -0.387. The van der Waals surface area contributed by atoms with Crippen LogP contribution < -0.4 is 10.1 Å². The molecular formula is C15H12N6O5S. The smallest absolute Gasteiger partial charge is 0.279 e. The van der Waals surface area contributed by atoms with E-state index in [-0.39, 0.29) is 11.3 Å². The molecule has 0 saturated carbocycles. The van der Waals surface area contributed by atoms with Gasteiger partial charge in [-0.1, -0.05) is 18.2 Å². The quantitative estimate of drug-likeness (QED) is 0.478. The van der Waals surface area contributed by atoms with E-state index in [2.05, 4.69) is 20.3 Å². The molecule has 0 saturated heterocycles. The molecule has 1 amide bonds. The Morgan fingerprint density at radius 2 is 1.78 bits per heavy atom. The van der Waals surface area contributed by atoms with Gasteiger partial charge in [0.25, 0.3) is 21.6 Å². The Bertz CT molecular complexity index is 1100. The fraction of sp³-hybridized carbons (Fsp3) is 0. The summed E-state index contributed by atoms with van der Waals surface area (Å²) in [5.41, 5.74) is 2.15. The maximum Gasteiger partial charge on any atom is 0.289 e.